The minimum Gasteiger partial charge on any atom is -0.480 e. The first-order chi connectivity index (χ1) is 9.70. The van der Waals surface area contributed by atoms with Crippen molar-refractivity contribution in [2.24, 2.45) is 0 Å². The molecule has 0 aliphatic heterocycles. The molecule has 1 aromatic carbocycles. The lowest BCUT2D eigenvalue weighted by Crippen LogP contribution is -2.38. The minimum absolute atomic E-state index is 0.0357. The molecule has 0 bridgehead atoms. The maximum Gasteiger partial charge on any atom is 0.323 e. The summed E-state index contributed by atoms with van der Waals surface area (Å²) in [6.07, 6.45) is 0. The van der Waals surface area contributed by atoms with Gasteiger partial charge in [-0.2, -0.15) is 4.31 Å². The number of amides is 1. The van der Waals surface area contributed by atoms with E-state index in [2.05, 4.69) is 5.32 Å². The standard InChI is InChI=1S/C13H18N2O5S/c1-9(13(17)18)21(19,20)15(3)8-10-4-6-11(7-5-10)12(16)14-2/h4-7,9H,8H2,1-3H3,(H,14,16)(H,17,18). The van der Waals surface area contributed by atoms with Crippen molar-refractivity contribution < 1.29 is 23.1 Å². The highest BCUT2D eigenvalue weighted by molar-refractivity contribution is 7.90. The Morgan fingerprint density at radius 2 is 1.81 bits per heavy atom. The molecule has 21 heavy (non-hydrogen) atoms. The van der Waals surface area contributed by atoms with E-state index in [1.807, 2.05) is 0 Å². The second-order valence-electron chi connectivity index (χ2n) is 4.56. The molecule has 0 aliphatic carbocycles. The van der Waals surface area contributed by atoms with Crippen molar-refractivity contribution in [3.63, 3.8) is 0 Å². The summed E-state index contributed by atoms with van der Waals surface area (Å²) in [5.41, 5.74) is 1.12. The van der Waals surface area contributed by atoms with Crippen molar-refractivity contribution in [2.45, 2.75) is 18.7 Å². The Kier molecular flexibility index (Phi) is 5.45. The van der Waals surface area contributed by atoms with Crippen LogP contribution in [0.25, 0.3) is 0 Å². The molecular formula is C13H18N2O5S. The third kappa shape index (κ3) is 4.02. The van der Waals surface area contributed by atoms with Gasteiger partial charge in [-0.3, -0.25) is 9.59 Å². The van der Waals surface area contributed by atoms with E-state index in [4.69, 9.17) is 5.11 Å². The van der Waals surface area contributed by atoms with Crippen LogP contribution < -0.4 is 5.32 Å². The molecule has 1 atom stereocenters. The van der Waals surface area contributed by atoms with E-state index in [1.165, 1.54) is 14.1 Å². The van der Waals surface area contributed by atoms with E-state index in [0.717, 1.165) is 11.2 Å². The number of nitrogens with one attached hydrogen (secondary N) is 1. The van der Waals surface area contributed by atoms with E-state index in [-0.39, 0.29) is 12.5 Å². The van der Waals surface area contributed by atoms with Gasteiger partial charge in [0.15, 0.2) is 5.25 Å². The summed E-state index contributed by atoms with van der Waals surface area (Å²) >= 11 is 0. The number of hydrogen-bond donors (Lipinski definition) is 2. The van der Waals surface area contributed by atoms with Gasteiger partial charge in [0.1, 0.15) is 0 Å². The number of sulfonamides is 1. The van der Waals surface area contributed by atoms with Crippen LogP contribution in [0.15, 0.2) is 24.3 Å². The molecule has 116 valence electrons. The smallest absolute Gasteiger partial charge is 0.323 e. The average Bonchev–Trinajstić information content (AvgIpc) is 2.46. The maximum absolute atomic E-state index is 12.0. The van der Waals surface area contributed by atoms with Gasteiger partial charge < -0.3 is 10.4 Å². The molecule has 0 spiro atoms. The molecule has 1 unspecified atom stereocenters. The summed E-state index contributed by atoms with van der Waals surface area (Å²) in [4.78, 5) is 22.2. The predicted octanol–water partition coefficient (Wildman–Crippen LogP) is 0.281. The molecule has 0 saturated carbocycles. The van der Waals surface area contributed by atoms with Crippen LogP contribution in [0.1, 0.15) is 22.8 Å². The van der Waals surface area contributed by atoms with E-state index in [1.54, 1.807) is 24.3 Å². The van der Waals surface area contributed by atoms with E-state index >= 15 is 0 Å². The zero-order valence-electron chi connectivity index (χ0n) is 12.0. The fraction of sp³-hybridized carbons (Fsp3) is 0.385. The fourth-order valence-corrected chi connectivity index (χ4v) is 2.77. The zero-order chi connectivity index (χ0) is 16.2. The number of carbonyl (C=O) groups is 2. The summed E-state index contributed by atoms with van der Waals surface area (Å²) < 4.78 is 24.9. The monoisotopic (exact) mass is 314 g/mol. The van der Waals surface area contributed by atoms with Crippen molar-refractivity contribution in [1.82, 2.24) is 9.62 Å². The molecule has 1 aromatic rings. The normalized spacial score (nSPS) is 13.0. The molecule has 7 nitrogen and oxygen atoms in total. The molecule has 0 aromatic heterocycles. The van der Waals surface area contributed by atoms with Gasteiger partial charge in [-0.15, -0.1) is 0 Å². The van der Waals surface area contributed by atoms with Gasteiger partial charge in [-0.1, -0.05) is 12.1 Å². The van der Waals surface area contributed by atoms with Crippen LogP contribution in [0.3, 0.4) is 0 Å². The first-order valence-electron chi connectivity index (χ1n) is 6.19. The topological polar surface area (TPSA) is 104 Å². The molecule has 0 aliphatic rings. The average molecular weight is 314 g/mol. The van der Waals surface area contributed by atoms with Gasteiger partial charge in [0, 0.05) is 26.2 Å². The van der Waals surface area contributed by atoms with Crippen LogP contribution in [0.4, 0.5) is 0 Å². The van der Waals surface area contributed by atoms with Gasteiger partial charge in [0.2, 0.25) is 10.0 Å². The lowest BCUT2D eigenvalue weighted by atomic mass is 10.1. The third-order valence-electron chi connectivity index (χ3n) is 3.08. The summed E-state index contributed by atoms with van der Waals surface area (Å²) in [5, 5.41) is 9.78. The Labute approximate surface area is 123 Å². The highest BCUT2D eigenvalue weighted by Gasteiger charge is 2.31. The Hall–Kier alpha value is -1.93. The van der Waals surface area contributed by atoms with Crippen LogP contribution in [0.5, 0.6) is 0 Å². The van der Waals surface area contributed by atoms with Gasteiger partial charge in [-0.05, 0) is 24.6 Å². The van der Waals surface area contributed by atoms with Gasteiger partial charge >= 0.3 is 5.97 Å². The second-order valence-corrected chi connectivity index (χ2v) is 6.92. The summed E-state index contributed by atoms with van der Waals surface area (Å²) in [5.74, 6) is -1.63. The van der Waals surface area contributed by atoms with Crippen LogP contribution in [-0.4, -0.2) is 49.1 Å². The quantitative estimate of drug-likeness (QED) is 0.785. The molecular weight excluding hydrogens is 296 g/mol. The summed E-state index contributed by atoms with van der Waals surface area (Å²) in [7, 11) is -1.07. The van der Waals surface area contributed by atoms with Crippen LogP contribution in [0, 0.1) is 0 Å². The Balaban J connectivity index is 2.86. The van der Waals surface area contributed by atoms with Crippen molar-refractivity contribution in [2.75, 3.05) is 14.1 Å². The number of hydrogen-bond acceptors (Lipinski definition) is 4. The molecule has 1 rings (SSSR count). The second kappa shape index (κ2) is 6.68. The van der Waals surface area contributed by atoms with Gasteiger partial charge in [0.05, 0.1) is 0 Å². The van der Waals surface area contributed by atoms with Crippen molar-refractivity contribution >= 4 is 21.9 Å². The summed E-state index contributed by atoms with van der Waals surface area (Å²) in [6, 6.07) is 6.41. The lowest BCUT2D eigenvalue weighted by Gasteiger charge is -2.19. The predicted molar refractivity (Wildman–Crippen MR) is 77.3 cm³/mol. The molecule has 0 heterocycles. The first kappa shape index (κ1) is 17.1. The van der Waals surface area contributed by atoms with E-state index in [9.17, 15) is 18.0 Å². The summed E-state index contributed by atoms with van der Waals surface area (Å²) in [6.45, 7) is 1.16. The number of carboxylic acid groups (broad SMARTS) is 1. The Morgan fingerprint density at radius 1 is 1.29 bits per heavy atom. The van der Waals surface area contributed by atoms with E-state index < -0.39 is 21.2 Å². The number of nitrogens with zero attached hydrogens (tertiary/aromatic N) is 1. The number of rotatable bonds is 6. The van der Waals surface area contributed by atoms with Crippen LogP contribution in [0.2, 0.25) is 0 Å². The SMILES string of the molecule is CNC(=O)c1ccc(CN(C)S(=O)(=O)C(C)C(=O)O)cc1. The van der Waals surface area contributed by atoms with Crippen LogP contribution in [-0.2, 0) is 21.4 Å². The lowest BCUT2D eigenvalue weighted by molar-refractivity contribution is -0.136. The van der Waals surface area contributed by atoms with Crippen molar-refractivity contribution in [3.05, 3.63) is 35.4 Å². The van der Waals surface area contributed by atoms with Crippen molar-refractivity contribution in [3.8, 4) is 0 Å². The number of benzene rings is 1. The fourth-order valence-electron chi connectivity index (χ4n) is 1.65. The van der Waals surface area contributed by atoms with Crippen LogP contribution >= 0.6 is 0 Å². The minimum atomic E-state index is -3.91. The van der Waals surface area contributed by atoms with Gasteiger partial charge in [-0.25, -0.2) is 8.42 Å². The zero-order valence-corrected chi connectivity index (χ0v) is 12.8. The number of aliphatic carboxylic acids is 1. The highest BCUT2D eigenvalue weighted by atomic mass is 32.2. The highest BCUT2D eigenvalue weighted by Crippen LogP contribution is 2.13. The maximum atomic E-state index is 12.0. The number of carboxylic acids is 1. The van der Waals surface area contributed by atoms with Crippen molar-refractivity contribution in [1.29, 1.82) is 0 Å². The first-order valence-corrected chi connectivity index (χ1v) is 7.69. The molecule has 1 amide bonds. The molecule has 0 fully saturated rings. The molecule has 0 saturated heterocycles. The van der Waals surface area contributed by atoms with E-state index in [0.29, 0.717) is 11.1 Å². The molecule has 0 radical (unpaired) electrons. The third-order valence-corrected chi connectivity index (χ3v) is 5.17. The molecule has 2 N–H and O–H groups in total. The Bertz CT molecular complexity index is 624. The molecule has 8 heteroatoms. The Morgan fingerprint density at radius 3 is 2.24 bits per heavy atom. The largest absolute Gasteiger partial charge is 0.480 e. The van der Waals surface area contributed by atoms with Gasteiger partial charge in [0.25, 0.3) is 5.91 Å². The number of carbonyl (C=O) groups excluding carboxylic acids is 1.